The molecule has 0 unspecified atom stereocenters. The van der Waals surface area contributed by atoms with Crippen LogP contribution < -0.4 is 5.30 Å². The van der Waals surface area contributed by atoms with Gasteiger partial charge in [-0.25, -0.2) is 0 Å². The van der Waals surface area contributed by atoms with Gasteiger partial charge in [-0.1, -0.05) is 30.3 Å². The summed E-state index contributed by atoms with van der Waals surface area (Å²) in [5, 5.41) is 2.06. The van der Waals surface area contributed by atoms with Gasteiger partial charge in [0.25, 0.3) is 0 Å². The molecule has 0 saturated carbocycles. The van der Waals surface area contributed by atoms with E-state index in [9.17, 15) is 0 Å². The molecule has 0 radical (unpaired) electrons. The first-order chi connectivity index (χ1) is 6.57. The highest BCUT2D eigenvalue weighted by Crippen LogP contribution is 2.43. The Morgan fingerprint density at radius 3 is 2.07 bits per heavy atom. The lowest BCUT2D eigenvalue weighted by molar-refractivity contribution is 0.347. The van der Waals surface area contributed by atoms with Crippen molar-refractivity contribution in [1.82, 2.24) is 0 Å². The molecule has 0 fully saturated rings. The minimum Gasteiger partial charge on any atom is -0.189 e. The van der Waals surface area contributed by atoms with Crippen LogP contribution in [0.2, 0.25) is 0 Å². The summed E-state index contributed by atoms with van der Waals surface area (Å²) in [6.45, 7) is 0. The van der Waals surface area contributed by atoms with Crippen LogP contribution in [0.3, 0.4) is 0 Å². The zero-order valence-electron chi connectivity index (χ0n) is 7.33. The molecule has 72 valence electrons. The van der Waals surface area contributed by atoms with E-state index >= 15 is 0 Å². The first-order valence-corrected chi connectivity index (χ1v) is 5.79. The molecular formula is C10H10O3P+. The van der Waals surface area contributed by atoms with E-state index in [0.717, 1.165) is 10.8 Å². The second-order valence-electron chi connectivity index (χ2n) is 3.10. The molecule has 0 heterocycles. The van der Waals surface area contributed by atoms with E-state index in [1.165, 1.54) is 6.07 Å². The third-order valence-corrected chi connectivity index (χ3v) is 3.05. The normalized spacial score (nSPS) is 11.9. The summed E-state index contributed by atoms with van der Waals surface area (Å²) >= 11 is 0. The maximum Gasteiger partial charge on any atom is 0.440 e. The predicted molar refractivity (Wildman–Crippen MR) is 57.2 cm³/mol. The maximum atomic E-state index is 9.07. The van der Waals surface area contributed by atoms with Crippen LogP contribution in [0, 0.1) is 0 Å². The summed E-state index contributed by atoms with van der Waals surface area (Å²) in [5.41, 5.74) is 0. The van der Waals surface area contributed by atoms with Gasteiger partial charge in [0.15, 0.2) is 5.30 Å². The molecule has 2 aromatic carbocycles. The average molecular weight is 209 g/mol. The van der Waals surface area contributed by atoms with Gasteiger partial charge in [0.05, 0.1) is 0 Å². The monoisotopic (exact) mass is 209 g/mol. The van der Waals surface area contributed by atoms with Crippen LogP contribution in [0.15, 0.2) is 42.5 Å². The standard InChI is InChI=1S/C10H10O3P/c11-14(12,13)10-6-5-8-3-1-2-4-9(8)7-10/h1-7,11-13H/q+1. The van der Waals surface area contributed by atoms with Crippen molar-refractivity contribution in [2.75, 3.05) is 0 Å². The molecule has 0 saturated heterocycles. The van der Waals surface area contributed by atoms with Gasteiger partial charge in [-0.3, -0.25) is 0 Å². The molecule has 0 spiro atoms. The summed E-state index contributed by atoms with van der Waals surface area (Å²) in [6.07, 6.45) is 0. The van der Waals surface area contributed by atoms with E-state index in [1.54, 1.807) is 12.1 Å². The number of benzene rings is 2. The summed E-state index contributed by atoms with van der Waals surface area (Å²) in [4.78, 5) is 27.2. The molecule has 2 aromatic rings. The van der Waals surface area contributed by atoms with Crippen LogP contribution in [-0.4, -0.2) is 14.7 Å². The molecular weight excluding hydrogens is 199 g/mol. The van der Waals surface area contributed by atoms with Crippen molar-refractivity contribution in [2.24, 2.45) is 0 Å². The van der Waals surface area contributed by atoms with Gasteiger partial charge < -0.3 is 0 Å². The van der Waals surface area contributed by atoms with Gasteiger partial charge >= 0.3 is 7.94 Å². The second-order valence-corrected chi connectivity index (χ2v) is 4.75. The van der Waals surface area contributed by atoms with Crippen molar-refractivity contribution < 1.29 is 14.7 Å². The Kier molecular flexibility index (Phi) is 2.25. The molecule has 3 N–H and O–H groups in total. The number of hydrogen-bond acceptors (Lipinski definition) is 3. The van der Waals surface area contributed by atoms with E-state index in [1.807, 2.05) is 24.3 Å². The van der Waals surface area contributed by atoms with Crippen LogP contribution >= 0.6 is 7.94 Å². The highest BCUT2D eigenvalue weighted by atomic mass is 31.2. The molecule has 0 amide bonds. The lowest BCUT2D eigenvalue weighted by atomic mass is 10.1. The molecule has 0 aliphatic carbocycles. The summed E-state index contributed by atoms with van der Waals surface area (Å²) in [5.74, 6) is 0. The van der Waals surface area contributed by atoms with Gasteiger partial charge in [-0.05, 0) is 22.9 Å². The summed E-state index contributed by atoms with van der Waals surface area (Å²) in [6, 6.07) is 12.4. The zero-order valence-corrected chi connectivity index (χ0v) is 8.22. The number of fused-ring (bicyclic) bond motifs is 1. The van der Waals surface area contributed by atoms with Gasteiger partial charge in [0, 0.05) is 0 Å². The van der Waals surface area contributed by atoms with Crippen LogP contribution in [0.5, 0.6) is 0 Å². The molecule has 0 aliphatic heterocycles. The molecule has 0 bridgehead atoms. The van der Waals surface area contributed by atoms with Gasteiger partial charge in [0.2, 0.25) is 0 Å². The first kappa shape index (κ1) is 9.56. The van der Waals surface area contributed by atoms with Gasteiger partial charge in [-0.15, -0.1) is 0 Å². The van der Waals surface area contributed by atoms with Crippen molar-refractivity contribution >= 4 is 24.0 Å². The Bertz CT molecular complexity index is 462. The van der Waals surface area contributed by atoms with Gasteiger partial charge in [0.1, 0.15) is 0 Å². The fourth-order valence-electron chi connectivity index (χ4n) is 1.36. The Morgan fingerprint density at radius 2 is 1.43 bits per heavy atom. The van der Waals surface area contributed by atoms with E-state index < -0.39 is 7.94 Å². The Hall–Kier alpha value is -0.990. The van der Waals surface area contributed by atoms with E-state index in [4.69, 9.17) is 14.7 Å². The van der Waals surface area contributed by atoms with Crippen molar-refractivity contribution in [3.8, 4) is 0 Å². The highest BCUT2D eigenvalue weighted by Gasteiger charge is 2.33. The molecule has 0 aliphatic rings. The highest BCUT2D eigenvalue weighted by molar-refractivity contribution is 7.66. The molecule has 3 nitrogen and oxygen atoms in total. The van der Waals surface area contributed by atoms with Crippen molar-refractivity contribution in [3.05, 3.63) is 42.5 Å². The Labute approximate surface area is 81.8 Å². The van der Waals surface area contributed by atoms with E-state index in [2.05, 4.69) is 0 Å². The van der Waals surface area contributed by atoms with Crippen molar-refractivity contribution in [2.45, 2.75) is 0 Å². The topological polar surface area (TPSA) is 60.7 Å². The minimum atomic E-state index is -3.87. The van der Waals surface area contributed by atoms with Crippen molar-refractivity contribution in [3.63, 3.8) is 0 Å². The molecule has 14 heavy (non-hydrogen) atoms. The molecule has 4 heteroatoms. The first-order valence-electron chi connectivity index (χ1n) is 4.14. The fourth-order valence-corrected chi connectivity index (χ4v) is 1.95. The van der Waals surface area contributed by atoms with Gasteiger partial charge in [-0.2, -0.15) is 14.7 Å². The number of hydrogen-bond donors (Lipinski definition) is 3. The van der Waals surface area contributed by atoms with E-state index in [0.29, 0.717) is 0 Å². The third kappa shape index (κ3) is 1.76. The average Bonchev–Trinajstić information content (AvgIpc) is 2.16. The third-order valence-electron chi connectivity index (χ3n) is 2.08. The predicted octanol–water partition coefficient (Wildman–Crippen LogP) is 1.20. The molecule has 0 aromatic heterocycles. The SMILES string of the molecule is O[P+](O)(O)c1ccc2ccccc2c1. The van der Waals surface area contributed by atoms with Crippen LogP contribution in [0.4, 0.5) is 0 Å². The lowest BCUT2D eigenvalue weighted by Crippen LogP contribution is -2.08. The number of rotatable bonds is 1. The smallest absolute Gasteiger partial charge is 0.189 e. The Balaban J connectivity index is 2.63. The summed E-state index contributed by atoms with van der Waals surface area (Å²) < 4.78 is 0. The zero-order chi connectivity index (χ0) is 10.2. The van der Waals surface area contributed by atoms with E-state index in [-0.39, 0.29) is 5.30 Å². The quantitative estimate of drug-likeness (QED) is 0.618. The second kappa shape index (κ2) is 3.30. The minimum absolute atomic E-state index is 0.177. The molecule has 0 atom stereocenters. The van der Waals surface area contributed by atoms with Crippen LogP contribution in [-0.2, 0) is 0 Å². The van der Waals surface area contributed by atoms with Crippen LogP contribution in [0.1, 0.15) is 0 Å². The van der Waals surface area contributed by atoms with Crippen LogP contribution in [0.25, 0.3) is 10.8 Å². The molecule has 2 rings (SSSR count). The lowest BCUT2D eigenvalue weighted by Gasteiger charge is -2.04. The van der Waals surface area contributed by atoms with Crippen molar-refractivity contribution in [1.29, 1.82) is 0 Å². The maximum absolute atomic E-state index is 9.07. The fraction of sp³-hybridized carbons (Fsp3) is 0. The Morgan fingerprint density at radius 1 is 0.786 bits per heavy atom. The summed E-state index contributed by atoms with van der Waals surface area (Å²) in [7, 11) is -3.87. The largest absolute Gasteiger partial charge is 0.440 e.